The van der Waals surface area contributed by atoms with Crippen molar-refractivity contribution in [3.05, 3.63) is 52.5 Å². The van der Waals surface area contributed by atoms with E-state index < -0.39 is 0 Å². The van der Waals surface area contributed by atoms with Gasteiger partial charge in [-0.2, -0.15) is 11.3 Å². The number of carbonyl (C=O) groups excluding carboxylic acids is 1. The minimum atomic E-state index is -0.0738. The van der Waals surface area contributed by atoms with Crippen molar-refractivity contribution in [2.75, 3.05) is 13.2 Å². The predicted octanol–water partition coefficient (Wildman–Crippen LogP) is 2.73. The fraction of sp³-hybridized carbons (Fsp3) is 0.444. The van der Waals surface area contributed by atoms with Gasteiger partial charge in [0.05, 0.1) is 30.9 Å². The van der Waals surface area contributed by atoms with Crippen LogP contribution in [0, 0.1) is 0 Å². The van der Waals surface area contributed by atoms with E-state index in [0.717, 1.165) is 24.0 Å². The summed E-state index contributed by atoms with van der Waals surface area (Å²) in [6, 6.07) is 5.88. The van der Waals surface area contributed by atoms with E-state index in [1.165, 1.54) is 0 Å². The number of amides is 1. The van der Waals surface area contributed by atoms with E-state index in [9.17, 15) is 4.79 Å². The maximum atomic E-state index is 12.8. The Bertz CT molecular complexity index is 677. The van der Waals surface area contributed by atoms with Crippen molar-refractivity contribution in [3.8, 4) is 0 Å². The lowest BCUT2D eigenvalue weighted by molar-refractivity contribution is -0.0598. The normalized spacial score (nSPS) is 26.3. The Morgan fingerprint density at radius 1 is 1.42 bits per heavy atom. The molecule has 0 aromatic carbocycles. The van der Waals surface area contributed by atoms with Crippen LogP contribution in [0.2, 0.25) is 0 Å². The van der Waals surface area contributed by atoms with Crippen LogP contribution in [0.4, 0.5) is 0 Å². The van der Waals surface area contributed by atoms with Crippen LogP contribution in [0.5, 0.6) is 0 Å². The fourth-order valence-electron chi connectivity index (χ4n) is 3.59. The smallest absolute Gasteiger partial charge is 0.255 e. The van der Waals surface area contributed by atoms with Crippen molar-refractivity contribution in [3.63, 3.8) is 0 Å². The van der Waals surface area contributed by atoms with Crippen molar-refractivity contribution in [2.24, 2.45) is 0 Å². The molecule has 6 heteroatoms. The van der Waals surface area contributed by atoms with E-state index in [-0.39, 0.29) is 24.2 Å². The van der Waals surface area contributed by atoms with Crippen LogP contribution in [0.1, 0.15) is 28.8 Å². The molecular weight excluding hydrogens is 324 g/mol. The number of rotatable bonds is 4. The van der Waals surface area contributed by atoms with Gasteiger partial charge in [-0.25, -0.2) is 0 Å². The molecule has 1 saturated carbocycles. The summed E-state index contributed by atoms with van der Waals surface area (Å²) in [5.41, 5.74) is 1.80. The highest BCUT2D eigenvalue weighted by molar-refractivity contribution is 7.08. The Balaban J connectivity index is 1.50. The van der Waals surface area contributed by atoms with Gasteiger partial charge < -0.3 is 14.4 Å². The molecule has 2 bridgehead atoms. The van der Waals surface area contributed by atoms with E-state index in [1.807, 2.05) is 40.1 Å². The van der Waals surface area contributed by atoms with Crippen molar-refractivity contribution in [1.82, 2.24) is 9.88 Å². The summed E-state index contributed by atoms with van der Waals surface area (Å²) >= 11 is 1.55. The summed E-state index contributed by atoms with van der Waals surface area (Å²) in [5, 5.41) is 3.85. The van der Waals surface area contributed by atoms with Crippen LogP contribution in [0.15, 0.2) is 41.4 Å². The van der Waals surface area contributed by atoms with E-state index in [4.69, 9.17) is 9.47 Å². The molecule has 5 nitrogen and oxygen atoms in total. The highest BCUT2D eigenvalue weighted by atomic mass is 32.1. The van der Waals surface area contributed by atoms with Crippen LogP contribution in [-0.2, 0) is 16.1 Å². The molecule has 0 spiro atoms. The zero-order valence-corrected chi connectivity index (χ0v) is 14.2. The van der Waals surface area contributed by atoms with Gasteiger partial charge in [0.15, 0.2) is 0 Å². The minimum absolute atomic E-state index is 0.0738. The molecule has 2 aromatic rings. The molecule has 2 fully saturated rings. The quantitative estimate of drug-likeness (QED) is 0.856. The Kier molecular flexibility index (Phi) is 4.60. The fourth-order valence-corrected chi connectivity index (χ4v) is 4.22. The molecular formula is C18H20N2O3S. The van der Waals surface area contributed by atoms with E-state index >= 15 is 0 Å². The number of pyridine rings is 1. The molecule has 126 valence electrons. The van der Waals surface area contributed by atoms with Crippen molar-refractivity contribution >= 4 is 17.2 Å². The molecule has 3 heterocycles. The van der Waals surface area contributed by atoms with Crippen LogP contribution in [0.25, 0.3) is 0 Å². The topological polar surface area (TPSA) is 51.7 Å². The molecule has 0 radical (unpaired) electrons. The first-order chi connectivity index (χ1) is 11.8. The van der Waals surface area contributed by atoms with Crippen molar-refractivity contribution in [2.45, 2.75) is 37.7 Å². The maximum Gasteiger partial charge on any atom is 0.255 e. The highest BCUT2D eigenvalue weighted by Crippen LogP contribution is 2.33. The number of fused-ring (bicyclic) bond motifs is 2. The molecule has 1 saturated heterocycles. The van der Waals surface area contributed by atoms with Crippen LogP contribution in [-0.4, -0.2) is 47.2 Å². The molecule has 1 aliphatic carbocycles. The number of nitrogens with zero attached hydrogens (tertiary/aromatic N) is 2. The Morgan fingerprint density at radius 2 is 2.38 bits per heavy atom. The first-order valence-electron chi connectivity index (χ1n) is 8.28. The van der Waals surface area contributed by atoms with Gasteiger partial charge in [0.25, 0.3) is 5.91 Å². The second-order valence-corrected chi connectivity index (χ2v) is 6.98. The van der Waals surface area contributed by atoms with Crippen LogP contribution >= 0.6 is 11.3 Å². The second kappa shape index (κ2) is 7.01. The molecule has 2 aromatic heterocycles. The molecule has 4 rings (SSSR count). The van der Waals surface area contributed by atoms with Gasteiger partial charge in [-0.15, -0.1) is 0 Å². The number of ether oxygens (including phenoxy) is 2. The average Bonchev–Trinajstić information content (AvgIpc) is 3.22. The number of aromatic nitrogens is 1. The number of hydrogen-bond donors (Lipinski definition) is 0. The molecule has 0 N–H and O–H groups in total. The molecule has 1 amide bonds. The lowest BCUT2D eigenvalue weighted by atomic mass is 10.1. The molecule has 3 atom stereocenters. The predicted molar refractivity (Wildman–Crippen MR) is 90.9 cm³/mol. The summed E-state index contributed by atoms with van der Waals surface area (Å²) in [6.45, 7) is 1.70. The van der Waals surface area contributed by atoms with Gasteiger partial charge in [0.2, 0.25) is 0 Å². The summed E-state index contributed by atoms with van der Waals surface area (Å²) in [7, 11) is 0. The molecule has 0 unspecified atom stereocenters. The zero-order valence-electron chi connectivity index (χ0n) is 13.3. The van der Waals surface area contributed by atoms with Crippen LogP contribution in [0.3, 0.4) is 0 Å². The van der Waals surface area contributed by atoms with Crippen LogP contribution < -0.4 is 0 Å². The summed E-state index contributed by atoms with van der Waals surface area (Å²) in [4.78, 5) is 18.9. The lowest BCUT2D eigenvalue weighted by Gasteiger charge is -2.31. The van der Waals surface area contributed by atoms with Gasteiger partial charge in [0, 0.05) is 24.3 Å². The van der Waals surface area contributed by atoms with Gasteiger partial charge >= 0.3 is 0 Å². The Labute approximate surface area is 145 Å². The second-order valence-electron chi connectivity index (χ2n) is 6.20. The number of hydrogen-bond acceptors (Lipinski definition) is 5. The molecule has 2 aliphatic rings. The average molecular weight is 344 g/mol. The molecule has 24 heavy (non-hydrogen) atoms. The Morgan fingerprint density at radius 3 is 3.17 bits per heavy atom. The Hall–Kier alpha value is -1.76. The van der Waals surface area contributed by atoms with Gasteiger partial charge in [0.1, 0.15) is 6.10 Å². The first kappa shape index (κ1) is 15.7. The monoisotopic (exact) mass is 344 g/mol. The van der Waals surface area contributed by atoms with Crippen molar-refractivity contribution < 1.29 is 14.3 Å². The third-order valence-electron chi connectivity index (χ3n) is 4.75. The minimum Gasteiger partial charge on any atom is -0.374 e. The highest BCUT2D eigenvalue weighted by Gasteiger charge is 2.44. The third kappa shape index (κ3) is 3.09. The van der Waals surface area contributed by atoms with E-state index in [1.54, 1.807) is 17.5 Å². The zero-order chi connectivity index (χ0) is 16.4. The van der Waals surface area contributed by atoms with Gasteiger partial charge in [-0.3, -0.25) is 9.78 Å². The summed E-state index contributed by atoms with van der Waals surface area (Å²) < 4.78 is 12.1. The largest absolute Gasteiger partial charge is 0.374 e. The maximum absolute atomic E-state index is 12.8. The van der Waals surface area contributed by atoms with E-state index in [0.29, 0.717) is 19.8 Å². The van der Waals surface area contributed by atoms with Gasteiger partial charge in [-0.1, -0.05) is 6.07 Å². The third-order valence-corrected chi connectivity index (χ3v) is 5.43. The van der Waals surface area contributed by atoms with Gasteiger partial charge in [-0.05, 0) is 35.9 Å². The standard InChI is InChI=1S/C18H20N2O3S/c21-18(14-5-9-24-12-14)20-7-8-22-16-4-3-15(20)17(16)23-11-13-2-1-6-19-10-13/h1-2,5-6,9-10,12,15-17H,3-4,7-8,11H2/t15-,16-,17+/m0/s1. The number of thiophene rings is 1. The lowest BCUT2D eigenvalue weighted by Crippen LogP contribution is -2.46. The summed E-state index contributed by atoms with van der Waals surface area (Å²) in [5.74, 6) is 0.0855. The summed E-state index contributed by atoms with van der Waals surface area (Å²) in [6.07, 6.45) is 5.44. The first-order valence-corrected chi connectivity index (χ1v) is 9.22. The van der Waals surface area contributed by atoms with E-state index in [2.05, 4.69) is 4.98 Å². The molecule has 1 aliphatic heterocycles. The SMILES string of the molecule is O=C(c1ccsc1)N1CCO[C@H]2CC[C@H]1[C@H]2OCc1cccnc1. The van der Waals surface area contributed by atoms with Crippen molar-refractivity contribution in [1.29, 1.82) is 0 Å². The number of carbonyl (C=O) groups is 1.